The second kappa shape index (κ2) is 22.6. The number of rotatable bonds is 8. The number of halogens is 1. The number of aliphatic hydroxyl groups is 1. The Kier molecular flexibility index (Phi) is 17.3. The van der Waals surface area contributed by atoms with E-state index in [1.807, 2.05) is 85.6 Å². The van der Waals surface area contributed by atoms with Gasteiger partial charge < -0.3 is 51.0 Å². The number of benzene rings is 3. The van der Waals surface area contributed by atoms with Crippen molar-refractivity contribution in [3.05, 3.63) is 101 Å². The molecule has 5 heterocycles. The molecule has 5 aromatic rings. The number of amides is 2. The number of carbonyl (C=O) groups is 2. The summed E-state index contributed by atoms with van der Waals surface area (Å²) in [5.74, 6) is 1.51. The summed E-state index contributed by atoms with van der Waals surface area (Å²) in [5.41, 5.74) is 17.9. The van der Waals surface area contributed by atoms with E-state index in [0.29, 0.717) is 23.0 Å². The quantitative estimate of drug-likeness (QED) is 0.0699. The summed E-state index contributed by atoms with van der Waals surface area (Å²) in [6.45, 7) is 12.0. The Balaban J connectivity index is 0.000000175. The molecule has 13 nitrogen and oxygen atoms in total. The fourth-order valence-corrected chi connectivity index (χ4v) is 7.56. The third kappa shape index (κ3) is 13.0. The lowest BCUT2D eigenvalue weighted by Gasteiger charge is -2.34. The maximum absolute atomic E-state index is 11.9. The Morgan fingerprint density at radius 2 is 1.75 bits per heavy atom. The van der Waals surface area contributed by atoms with Crippen molar-refractivity contribution in [3.8, 4) is 11.5 Å². The van der Waals surface area contributed by atoms with Gasteiger partial charge in [0, 0.05) is 105 Å². The number of piperazine rings is 1. The van der Waals surface area contributed by atoms with E-state index in [4.69, 9.17) is 37.6 Å². The van der Waals surface area contributed by atoms with Gasteiger partial charge in [-0.1, -0.05) is 31.5 Å². The van der Waals surface area contributed by atoms with Crippen molar-refractivity contribution in [2.24, 2.45) is 17.6 Å². The molecule has 15 heteroatoms. The fourth-order valence-electron chi connectivity index (χ4n) is 7.15. The minimum Gasteiger partial charge on any atom is -0.455 e. The highest BCUT2D eigenvalue weighted by molar-refractivity contribution is 7.80. The number of ether oxygens (including phenoxy) is 2. The number of nitrogens with one attached hydrogen (secondary N) is 2. The van der Waals surface area contributed by atoms with E-state index in [9.17, 15) is 9.59 Å². The number of anilines is 3. The van der Waals surface area contributed by atoms with E-state index in [2.05, 4.69) is 44.8 Å². The second-order valence-corrected chi connectivity index (χ2v) is 16.3. The van der Waals surface area contributed by atoms with E-state index < -0.39 is 5.91 Å². The maximum atomic E-state index is 11.9. The standard InChI is InChI=1S/C19H21N5O2.C13H16ClNO.C12H18N2OS.CH4O/c1-23-6-8-24(9-7-23)14-2-3-16(18(20)25)17(11-14)26-15-10-13-4-5-21-19(13)22-12-15;1-9(2)13(16)15-6-5-10-7-12(14)4-3-11(10)8-15;13-11-7-10(16)1-2-12(11)14-8-9-3-5-15-6-4-9;1-2/h2-5,10-12H,6-9H2,1H3,(H2,20,25)(H,21,22);3-4,7,9H,5-6,8H2,1-2H3;1-2,7,9,14,16H,3-6,8,13H2;2H,1H3. The predicted molar refractivity (Wildman–Crippen MR) is 245 cm³/mol. The van der Waals surface area contributed by atoms with Crippen LogP contribution < -0.4 is 26.4 Å². The molecule has 0 radical (unpaired) electrons. The lowest BCUT2D eigenvalue weighted by molar-refractivity contribution is -0.135. The molecule has 0 bridgehead atoms. The van der Waals surface area contributed by atoms with Crippen LogP contribution >= 0.6 is 24.2 Å². The van der Waals surface area contributed by atoms with Crippen molar-refractivity contribution < 1.29 is 24.2 Å². The van der Waals surface area contributed by atoms with Crippen LogP contribution in [0.1, 0.15) is 48.2 Å². The van der Waals surface area contributed by atoms with Gasteiger partial charge in [0.15, 0.2) is 0 Å². The molecule has 8 rings (SSSR count). The van der Waals surface area contributed by atoms with Crippen LogP contribution in [0.2, 0.25) is 5.02 Å². The zero-order valence-electron chi connectivity index (χ0n) is 35.0. The summed E-state index contributed by atoms with van der Waals surface area (Å²) in [4.78, 5) is 38.5. The number of carbonyl (C=O) groups excluding carboxylic acids is 2. The summed E-state index contributed by atoms with van der Waals surface area (Å²) in [6.07, 6.45) is 6.64. The second-order valence-electron chi connectivity index (χ2n) is 15.3. The summed E-state index contributed by atoms with van der Waals surface area (Å²) in [5, 5.41) is 12.1. The van der Waals surface area contributed by atoms with Crippen LogP contribution in [0.3, 0.4) is 0 Å². The summed E-state index contributed by atoms with van der Waals surface area (Å²) in [6, 6.07) is 21.1. The van der Waals surface area contributed by atoms with Crippen molar-refractivity contribution in [2.75, 3.05) is 82.6 Å². The van der Waals surface area contributed by atoms with Gasteiger partial charge in [-0.25, -0.2) is 4.98 Å². The molecule has 2 amide bonds. The monoisotopic (exact) mass is 858 g/mol. The molecule has 322 valence electrons. The van der Waals surface area contributed by atoms with Gasteiger partial charge in [0.1, 0.15) is 17.1 Å². The largest absolute Gasteiger partial charge is 0.455 e. The highest BCUT2D eigenvalue weighted by Crippen LogP contribution is 2.32. The zero-order chi connectivity index (χ0) is 43.2. The van der Waals surface area contributed by atoms with Gasteiger partial charge in [0.05, 0.1) is 23.1 Å². The Labute approximate surface area is 363 Å². The first-order valence-corrected chi connectivity index (χ1v) is 21.1. The molecule has 0 spiro atoms. The Morgan fingerprint density at radius 3 is 2.45 bits per heavy atom. The number of pyridine rings is 1. The summed E-state index contributed by atoms with van der Waals surface area (Å²) >= 11 is 10.2. The van der Waals surface area contributed by atoms with Gasteiger partial charge in [0.2, 0.25) is 5.91 Å². The number of aliphatic hydroxyl groups excluding tert-OH is 1. The number of aromatic nitrogens is 2. The van der Waals surface area contributed by atoms with Crippen molar-refractivity contribution in [3.63, 3.8) is 0 Å². The zero-order valence-corrected chi connectivity index (χ0v) is 36.6. The van der Waals surface area contributed by atoms with Crippen molar-refractivity contribution in [1.29, 1.82) is 0 Å². The topological polar surface area (TPSA) is 175 Å². The number of hydrogen-bond acceptors (Lipinski definition) is 11. The number of nitrogens with two attached hydrogens (primary N) is 2. The summed E-state index contributed by atoms with van der Waals surface area (Å²) < 4.78 is 11.3. The number of nitrogen functional groups attached to an aromatic ring is 1. The fraction of sp³-hybridized carbons (Fsp3) is 0.400. The van der Waals surface area contributed by atoms with Crippen LogP contribution in [0.25, 0.3) is 11.0 Å². The maximum Gasteiger partial charge on any atom is 0.252 e. The molecular formula is C45H59ClN8O5S. The third-order valence-corrected chi connectivity index (χ3v) is 11.2. The predicted octanol–water partition coefficient (Wildman–Crippen LogP) is 7.09. The lowest BCUT2D eigenvalue weighted by atomic mass is 9.99. The van der Waals surface area contributed by atoms with Crippen LogP contribution in [0.5, 0.6) is 11.5 Å². The number of aromatic amines is 1. The molecule has 0 saturated carbocycles. The molecule has 3 aliphatic heterocycles. The molecule has 2 saturated heterocycles. The Morgan fingerprint density at radius 1 is 1.00 bits per heavy atom. The van der Waals surface area contributed by atoms with Crippen molar-refractivity contribution in [2.45, 2.75) is 44.6 Å². The normalized spacial score (nSPS) is 15.4. The molecule has 7 N–H and O–H groups in total. The van der Waals surface area contributed by atoms with E-state index in [1.54, 1.807) is 12.3 Å². The van der Waals surface area contributed by atoms with E-state index in [1.165, 1.54) is 11.1 Å². The molecule has 3 aliphatic rings. The van der Waals surface area contributed by atoms with Gasteiger partial charge in [-0.05, 0) is 98.0 Å². The highest BCUT2D eigenvalue weighted by Gasteiger charge is 2.23. The van der Waals surface area contributed by atoms with Crippen LogP contribution in [-0.4, -0.2) is 103 Å². The van der Waals surface area contributed by atoms with Gasteiger partial charge in [-0.2, -0.15) is 0 Å². The molecule has 0 aliphatic carbocycles. The van der Waals surface area contributed by atoms with Gasteiger partial charge >= 0.3 is 0 Å². The first-order valence-electron chi connectivity index (χ1n) is 20.3. The van der Waals surface area contributed by atoms with Gasteiger partial charge in [0.25, 0.3) is 5.91 Å². The number of hydrogen-bond donors (Lipinski definition) is 6. The minimum atomic E-state index is -0.513. The lowest BCUT2D eigenvalue weighted by Crippen LogP contribution is -2.44. The number of H-pyrrole nitrogens is 1. The van der Waals surface area contributed by atoms with Gasteiger partial charge in [-0.15, -0.1) is 12.6 Å². The van der Waals surface area contributed by atoms with Crippen LogP contribution in [0, 0.1) is 11.8 Å². The average molecular weight is 860 g/mol. The van der Waals surface area contributed by atoms with Crippen molar-refractivity contribution >= 4 is 64.1 Å². The smallest absolute Gasteiger partial charge is 0.252 e. The number of nitrogens with zero attached hydrogens (tertiary/aromatic N) is 4. The first-order chi connectivity index (χ1) is 28.9. The van der Waals surface area contributed by atoms with Crippen LogP contribution in [0.15, 0.2) is 84.0 Å². The van der Waals surface area contributed by atoms with Crippen molar-refractivity contribution in [1.82, 2.24) is 19.8 Å². The number of primary amides is 1. The summed E-state index contributed by atoms with van der Waals surface area (Å²) in [7, 11) is 3.12. The SMILES string of the molecule is CC(C)C(=O)N1CCc2cc(Cl)ccc2C1.CN1CCN(c2ccc(C(N)=O)c(Oc3cnc4[nH]ccc4c3)c2)CC1.CO.Nc1cc(S)ccc1NCC1CCOCC1. The van der Waals surface area contributed by atoms with Gasteiger partial charge in [-0.3, -0.25) is 9.59 Å². The molecule has 0 atom stereocenters. The molecular weight excluding hydrogens is 800 g/mol. The van der Waals surface area contributed by atoms with Crippen LogP contribution in [0.4, 0.5) is 17.1 Å². The molecule has 2 aromatic heterocycles. The average Bonchev–Trinajstić information content (AvgIpc) is 3.73. The van der Waals surface area contributed by atoms with Crippen LogP contribution in [-0.2, 0) is 22.5 Å². The minimum absolute atomic E-state index is 0.0776. The van der Waals surface area contributed by atoms with E-state index in [-0.39, 0.29) is 11.8 Å². The van der Waals surface area contributed by atoms with E-state index >= 15 is 0 Å². The number of thiol groups is 1. The third-order valence-electron chi connectivity index (χ3n) is 10.6. The molecule has 2 fully saturated rings. The Bertz CT molecular complexity index is 2170. The molecule has 60 heavy (non-hydrogen) atoms. The highest BCUT2D eigenvalue weighted by atomic mass is 35.5. The number of likely N-dealkylation sites (N-methyl/N-ethyl adjacent to an activating group) is 1. The Hall–Kier alpha value is -4.99. The van der Waals surface area contributed by atoms with E-state index in [0.717, 1.165) is 123 Å². The first kappa shape index (κ1) is 46.1. The number of fused-ring (bicyclic) bond motifs is 2. The molecule has 0 unspecified atom stereocenters. The molecule has 3 aromatic carbocycles.